The molecule has 3 saturated carbocycles. The molecule has 0 saturated heterocycles. The molecule has 17 heteroatoms. The number of nitrogens with zero attached hydrogens (tertiary/aromatic N) is 5. The highest BCUT2D eigenvalue weighted by molar-refractivity contribution is 5.42. The fourth-order valence-electron chi connectivity index (χ4n) is 5.88. The summed E-state index contributed by atoms with van der Waals surface area (Å²) in [6.07, 6.45) is -14.7. The van der Waals surface area contributed by atoms with Gasteiger partial charge in [0, 0.05) is 29.3 Å². The molecule has 2 bridgehead atoms. The van der Waals surface area contributed by atoms with Gasteiger partial charge in [0.1, 0.15) is 18.0 Å². The van der Waals surface area contributed by atoms with Crippen molar-refractivity contribution in [3.63, 3.8) is 0 Å². The molecule has 3 aliphatic rings. The number of hydrogen-bond donors (Lipinski definition) is 1. The van der Waals surface area contributed by atoms with Crippen LogP contribution in [0.2, 0.25) is 0 Å². The monoisotopic (exact) mass is 599 g/mol. The number of pyridine rings is 1. The number of aliphatic hydroxyl groups is 1. The summed E-state index contributed by atoms with van der Waals surface area (Å²) in [7, 11) is 0. The maximum atomic E-state index is 16.2. The number of halogens is 10. The first-order valence-electron chi connectivity index (χ1n) is 11.9. The van der Waals surface area contributed by atoms with Crippen molar-refractivity contribution in [3.05, 3.63) is 65.6 Å². The lowest BCUT2D eigenvalue weighted by atomic mass is 9.30. The Morgan fingerprint density at radius 2 is 1.66 bits per heavy atom. The standard InChI is InChI=1S/C24H19F10N5O2/c25-14-2-3-15(16(26)5-14)21(40,11-39-12-36-37-38-39)24(33,34)20-8-19(9-20,10-20)13-1-4-18(35-7-13)41-17(23(30,31)32)6-22(27,28)29/h1-5,7,12,17,40H,6,8-11H2. The summed E-state index contributed by atoms with van der Waals surface area (Å²) in [5.41, 5.74) is -6.53. The van der Waals surface area contributed by atoms with Gasteiger partial charge in [-0.2, -0.15) is 26.3 Å². The molecule has 7 nitrogen and oxygen atoms in total. The molecule has 3 aliphatic carbocycles. The first-order valence-corrected chi connectivity index (χ1v) is 11.9. The van der Waals surface area contributed by atoms with Crippen LogP contribution in [0, 0.1) is 17.0 Å². The fraction of sp³-hybridized carbons (Fsp3) is 0.500. The van der Waals surface area contributed by atoms with Gasteiger partial charge in [-0.25, -0.2) is 27.2 Å². The summed E-state index contributed by atoms with van der Waals surface area (Å²) in [6, 6.07) is 3.91. The van der Waals surface area contributed by atoms with E-state index in [4.69, 9.17) is 0 Å². The molecule has 2 aromatic heterocycles. The Morgan fingerprint density at radius 1 is 0.976 bits per heavy atom. The van der Waals surface area contributed by atoms with Gasteiger partial charge in [0.2, 0.25) is 12.0 Å². The smallest absolute Gasteiger partial charge is 0.425 e. The molecular weight excluding hydrogens is 580 g/mol. The average molecular weight is 599 g/mol. The second-order valence-electron chi connectivity index (χ2n) is 10.5. The molecule has 3 fully saturated rings. The molecule has 3 aromatic rings. The van der Waals surface area contributed by atoms with Gasteiger partial charge in [0.25, 0.3) is 5.92 Å². The van der Waals surface area contributed by atoms with Gasteiger partial charge >= 0.3 is 12.4 Å². The highest BCUT2D eigenvalue weighted by Gasteiger charge is 2.82. The second-order valence-corrected chi connectivity index (χ2v) is 10.5. The molecule has 2 atom stereocenters. The van der Waals surface area contributed by atoms with Gasteiger partial charge in [0.15, 0.2) is 5.60 Å². The molecule has 2 unspecified atom stereocenters. The van der Waals surface area contributed by atoms with Crippen LogP contribution in [-0.4, -0.2) is 54.7 Å². The SMILES string of the molecule is OC(Cn1cnnn1)(c1ccc(F)cc1F)C(F)(F)C12CC(c3ccc(OC(CC(F)(F)F)C(F)(F)F)nc3)(C1)C2. The van der Waals surface area contributed by atoms with Gasteiger partial charge in [-0.05, 0) is 52.8 Å². The van der Waals surface area contributed by atoms with Gasteiger partial charge in [-0.15, -0.1) is 5.10 Å². The summed E-state index contributed by atoms with van der Waals surface area (Å²) < 4.78 is 143. The van der Waals surface area contributed by atoms with Crippen molar-refractivity contribution >= 4 is 0 Å². The normalized spacial score (nSPS) is 24.7. The van der Waals surface area contributed by atoms with Crippen LogP contribution in [0.15, 0.2) is 42.9 Å². The van der Waals surface area contributed by atoms with E-state index < -0.39 is 76.9 Å². The third-order valence-electron chi connectivity index (χ3n) is 7.77. The zero-order valence-electron chi connectivity index (χ0n) is 20.5. The summed E-state index contributed by atoms with van der Waals surface area (Å²) in [5.74, 6) is -7.22. The van der Waals surface area contributed by atoms with Gasteiger partial charge in [-0.1, -0.05) is 6.07 Å². The van der Waals surface area contributed by atoms with Crippen LogP contribution in [0.5, 0.6) is 5.88 Å². The lowest BCUT2D eigenvalue weighted by Crippen LogP contribution is -2.76. The predicted octanol–water partition coefficient (Wildman–Crippen LogP) is 5.25. The van der Waals surface area contributed by atoms with E-state index in [0.29, 0.717) is 17.7 Å². The van der Waals surface area contributed by atoms with Crippen molar-refractivity contribution in [1.29, 1.82) is 0 Å². The van der Waals surface area contributed by atoms with Crippen molar-refractivity contribution in [2.24, 2.45) is 5.41 Å². The number of rotatable bonds is 9. The van der Waals surface area contributed by atoms with E-state index in [1.807, 2.05) is 0 Å². The largest absolute Gasteiger partial charge is 0.464 e. The predicted molar refractivity (Wildman–Crippen MR) is 116 cm³/mol. The number of tetrazole rings is 1. The summed E-state index contributed by atoms with van der Waals surface area (Å²) in [6.45, 7) is -0.976. The van der Waals surface area contributed by atoms with E-state index in [1.54, 1.807) is 0 Å². The number of ether oxygens (including phenoxy) is 1. The maximum absolute atomic E-state index is 16.2. The van der Waals surface area contributed by atoms with Gasteiger partial charge < -0.3 is 9.84 Å². The Labute approximate surface area is 224 Å². The van der Waals surface area contributed by atoms with Crippen LogP contribution < -0.4 is 4.74 Å². The van der Waals surface area contributed by atoms with E-state index in [1.165, 1.54) is 6.07 Å². The summed E-state index contributed by atoms with van der Waals surface area (Å²) in [4.78, 5) is 3.65. The Bertz CT molecular complexity index is 1390. The molecule has 6 rings (SSSR count). The van der Waals surface area contributed by atoms with Crippen LogP contribution in [0.1, 0.15) is 36.8 Å². The Balaban J connectivity index is 1.36. The highest BCUT2D eigenvalue weighted by Crippen LogP contribution is 2.80. The average Bonchev–Trinajstić information content (AvgIpc) is 3.29. The molecule has 1 N–H and O–H groups in total. The molecule has 1 aromatic carbocycles. The van der Waals surface area contributed by atoms with E-state index in [-0.39, 0.29) is 19.3 Å². The Kier molecular flexibility index (Phi) is 6.55. The zero-order valence-corrected chi connectivity index (χ0v) is 20.5. The molecule has 0 amide bonds. The van der Waals surface area contributed by atoms with Crippen LogP contribution >= 0.6 is 0 Å². The first kappa shape index (κ1) is 29.0. The number of hydrogen-bond acceptors (Lipinski definition) is 6. The third-order valence-corrected chi connectivity index (χ3v) is 7.77. The van der Waals surface area contributed by atoms with Crippen molar-refractivity contribution in [3.8, 4) is 5.88 Å². The molecule has 222 valence electrons. The van der Waals surface area contributed by atoms with E-state index in [0.717, 1.165) is 29.3 Å². The lowest BCUT2D eigenvalue weighted by Gasteiger charge is -2.74. The summed E-state index contributed by atoms with van der Waals surface area (Å²) >= 11 is 0. The number of aromatic nitrogens is 5. The van der Waals surface area contributed by atoms with Crippen LogP contribution in [0.3, 0.4) is 0 Å². The topological polar surface area (TPSA) is 86.0 Å². The van der Waals surface area contributed by atoms with Crippen LogP contribution in [-0.2, 0) is 17.6 Å². The Morgan fingerprint density at radius 3 is 2.17 bits per heavy atom. The number of alkyl halides is 8. The number of benzene rings is 1. The highest BCUT2D eigenvalue weighted by atomic mass is 19.4. The van der Waals surface area contributed by atoms with Crippen molar-refractivity contribution in [1.82, 2.24) is 25.2 Å². The minimum absolute atomic E-state index is 0.241. The van der Waals surface area contributed by atoms with Crippen molar-refractivity contribution in [2.45, 2.75) is 67.6 Å². The van der Waals surface area contributed by atoms with Crippen LogP contribution in [0.4, 0.5) is 43.9 Å². The van der Waals surface area contributed by atoms with E-state index in [2.05, 4.69) is 25.2 Å². The second kappa shape index (κ2) is 9.25. The van der Waals surface area contributed by atoms with E-state index >= 15 is 8.78 Å². The van der Waals surface area contributed by atoms with Crippen LogP contribution in [0.25, 0.3) is 0 Å². The summed E-state index contributed by atoms with van der Waals surface area (Å²) in [5, 5.41) is 21.5. The first-order chi connectivity index (χ1) is 18.9. The molecule has 41 heavy (non-hydrogen) atoms. The molecule has 0 aliphatic heterocycles. The molecule has 0 spiro atoms. The Hall–Kier alpha value is -3.50. The fourth-order valence-corrected chi connectivity index (χ4v) is 5.88. The minimum Gasteiger partial charge on any atom is -0.464 e. The van der Waals surface area contributed by atoms with Crippen molar-refractivity contribution in [2.75, 3.05) is 0 Å². The quantitative estimate of drug-likeness (QED) is 0.338. The van der Waals surface area contributed by atoms with Gasteiger partial charge in [-0.3, -0.25) is 0 Å². The zero-order chi connectivity index (χ0) is 30.1. The van der Waals surface area contributed by atoms with Gasteiger partial charge in [0.05, 0.1) is 13.0 Å². The third kappa shape index (κ3) is 4.86. The molecular formula is C24H19F10N5O2. The molecule has 2 heterocycles. The minimum atomic E-state index is -5.33. The maximum Gasteiger partial charge on any atom is 0.425 e. The lowest BCUT2D eigenvalue weighted by molar-refractivity contribution is -0.347. The van der Waals surface area contributed by atoms with E-state index in [9.17, 15) is 40.2 Å². The molecule has 0 radical (unpaired) electrons. The van der Waals surface area contributed by atoms with Crippen molar-refractivity contribution < 1.29 is 53.7 Å².